The van der Waals surface area contributed by atoms with Crippen LogP contribution in [0.3, 0.4) is 0 Å². The molecular weight excluding hydrogens is 179 g/mol. The molecule has 0 aromatic rings. The molecule has 76 valence electrons. The lowest BCUT2D eigenvalue weighted by molar-refractivity contribution is -0.134. The van der Waals surface area contributed by atoms with E-state index in [1.54, 1.807) is 6.92 Å². The van der Waals surface area contributed by atoms with Crippen LogP contribution < -0.4 is 0 Å². The third-order valence-corrected chi connectivity index (χ3v) is 0.541. The van der Waals surface area contributed by atoms with Crippen LogP contribution >= 0.6 is 0 Å². The number of aliphatic carboxylic acids is 2. The second-order valence-electron chi connectivity index (χ2n) is 1.55. The summed E-state index contributed by atoms with van der Waals surface area (Å²) in [4.78, 5) is 18.7. The Labute approximate surface area is 76.0 Å². The zero-order valence-electron chi connectivity index (χ0n) is 6.45. The van der Waals surface area contributed by atoms with Gasteiger partial charge in [0.15, 0.2) is 0 Å². The maximum Gasteiger partial charge on any atom is 0.364 e. The highest BCUT2D eigenvalue weighted by molar-refractivity contribution is 5.83. The fraction of sp³-hybridized carbons (Fsp3) is 0.250. The van der Waals surface area contributed by atoms with Crippen molar-refractivity contribution in [1.29, 1.82) is 0 Å². The van der Waals surface area contributed by atoms with Crippen molar-refractivity contribution >= 4 is 11.9 Å². The summed E-state index contributed by atoms with van der Waals surface area (Å²) < 4.78 is 11.0. The maximum atomic E-state index is 11.0. The minimum Gasteiger partial charge on any atom is -0.478 e. The van der Waals surface area contributed by atoms with Gasteiger partial charge in [-0.1, -0.05) is 20.1 Å². The van der Waals surface area contributed by atoms with Gasteiger partial charge in [0.1, 0.15) is 0 Å². The number of allylic oxidation sites excluding steroid dienone is 1. The van der Waals surface area contributed by atoms with Gasteiger partial charge < -0.3 is 10.2 Å². The molecular formula is C8H13FO4. The molecule has 0 saturated carbocycles. The van der Waals surface area contributed by atoms with Gasteiger partial charge in [-0.25, -0.2) is 9.59 Å². The van der Waals surface area contributed by atoms with Gasteiger partial charge in [0.05, 0.1) is 0 Å². The van der Waals surface area contributed by atoms with Gasteiger partial charge in [0.2, 0.25) is 5.83 Å². The topological polar surface area (TPSA) is 74.6 Å². The molecule has 13 heavy (non-hydrogen) atoms. The van der Waals surface area contributed by atoms with Crippen LogP contribution in [0.5, 0.6) is 0 Å². The molecule has 0 aromatic heterocycles. The second kappa shape index (κ2) is 10.3. The monoisotopic (exact) mass is 192 g/mol. The summed E-state index contributed by atoms with van der Waals surface area (Å²) in [5.74, 6) is -3.82. The fourth-order valence-electron chi connectivity index (χ4n) is 0.143. The van der Waals surface area contributed by atoms with Gasteiger partial charge in [-0.05, 0) is 6.92 Å². The van der Waals surface area contributed by atoms with Crippen molar-refractivity contribution < 1.29 is 24.2 Å². The van der Waals surface area contributed by atoms with E-state index in [4.69, 9.17) is 10.2 Å². The normalized spacial score (nSPS) is 7.85. The van der Waals surface area contributed by atoms with Crippen LogP contribution in [0.1, 0.15) is 14.4 Å². The fourth-order valence-corrected chi connectivity index (χ4v) is 0.143. The lowest BCUT2D eigenvalue weighted by atomic mass is 10.5. The summed E-state index contributed by atoms with van der Waals surface area (Å²) in [7, 11) is 0. The average Bonchev–Trinajstić information content (AvgIpc) is 1.87. The van der Waals surface area contributed by atoms with E-state index in [1.807, 2.05) is 0 Å². The lowest BCUT2D eigenvalue weighted by Crippen LogP contribution is -1.90. The first kappa shape index (κ1) is 17.4. The molecule has 4 nitrogen and oxygen atoms in total. The molecule has 0 bridgehead atoms. The van der Waals surface area contributed by atoms with E-state index >= 15 is 0 Å². The number of carboxylic acid groups (broad SMARTS) is 2. The highest BCUT2D eigenvalue weighted by Crippen LogP contribution is 1.86. The highest BCUT2D eigenvalue weighted by atomic mass is 19.1. The van der Waals surface area contributed by atoms with Crippen LogP contribution in [0.25, 0.3) is 0 Å². The first-order valence-corrected chi connectivity index (χ1v) is 2.85. The number of halogens is 1. The maximum absolute atomic E-state index is 11.0. The van der Waals surface area contributed by atoms with Crippen molar-refractivity contribution in [2.75, 3.05) is 0 Å². The molecule has 0 spiro atoms. The Morgan fingerprint density at radius 1 is 1.38 bits per heavy atom. The molecule has 0 rings (SSSR count). The Hall–Kier alpha value is -1.65. The van der Waals surface area contributed by atoms with Gasteiger partial charge in [-0.15, -0.1) is 0 Å². The molecule has 0 atom stereocenters. The Kier molecular flexibility index (Phi) is 13.9. The van der Waals surface area contributed by atoms with Crippen molar-refractivity contribution in [3.05, 3.63) is 24.6 Å². The molecule has 0 amide bonds. The summed E-state index contributed by atoms with van der Waals surface area (Å²) in [5, 5.41) is 15.3. The van der Waals surface area contributed by atoms with Crippen molar-refractivity contribution in [3.63, 3.8) is 0 Å². The molecule has 0 aromatic carbocycles. The predicted octanol–water partition coefficient (Wildman–Crippen LogP) is 1.84. The highest BCUT2D eigenvalue weighted by Gasteiger charge is 1.96. The minimum absolute atomic E-state index is 0. The Morgan fingerprint density at radius 3 is 1.69 bits per heavy atom. The van der Waals surface area contributed by atoms with E-state index in [2.05, 4.69) is 6.58 Å². The number of hydrogen-bond acceptors (Lipinski definition) is 2. The van der Waals surface area contributed by atoms with Crippen molar-refractivity contribution in [2.24, 2.45) is 0 Å². The van der Waals surface area contributed by atoms with E-state index < -0.39 is 17.8 Å². The molecule has 0 aliphatic heterocycles. The van der Waals surface area contributed by atoms with Crippen LogP contribution in [0, 0.1) is 0 Å². The summed E-state index contributed by atoms with van der Waals surface area (Å²) in [6, 6.07) is 0. The summed E-state index contributed by atoms with van der Waals surface area (Å²) >= 11 is 0. The van der Waals surface area contributed by atoms with Gasteiger partial charge >= 0.3 is 11.9 Å². The largest absolute Gasteiger partial charge is 0.478 e. The molecule has 0 saturated heterocycles. The molecule has 2 N–H and O–H groups in total. The van der Waals surface area contributed by atoms with Crippen LogP contribution in [0.2, 0.25) is 0 Å². The zero-order chi connectivity index (χ0) is 10.1. The number of carboxylic acids is 2. The SMILES string of the molecule is C.C/C=C/C(=O)O.C=C(F)C(=O)O. The van der Waals surface area contributed by atoms with E-state index in [1.165, 1.54) is 6.08 Å². The first-order chi connectivity index (χ1) is 5.41. The van der Waals surface area contributed by atoms with Crippen LogP contribution in [-0.4, -0.2) is 22.2 Å². The van der Waals surface area contributed by atoms with Crippen LogP contribution in [0.15, 0.2) is 24.6 Å². The standard InChI is InChI=1S/C4H6O2.C3H3FO2.CH4/c1-2-3-4(5)6;1-2(4)3(5)6;/h2-3H,1H3,(H,5,6);1H2,(H,5,6);1H4/b3-2+;;. The Morgan fingerprint density at radius 2 is 1.69 bits per heavy atom. The molecule has 0 heterocycles. The summed E-state index contributed by atoms with van der Waals surface area (Å²) in [6.07, 6.45) is 2.56. The van der Waals surface area contributed by atoms with E-state index in [-0.39, 0.29) is 7.43 Å². The summed E-state index contributed by atoms with van der Waals surface area (Å²) in [5.41, 5.74) is 0. The minimum atomic E-state index is -1.60. The number of carbonyl (C=O) groups is 2. The first-order valence-electron chi connectivity index (χ1n) is 2.85. The third-order valence-electron chi connectivity index (χ3n) is 0.541. The van der Waals surface area contributed by atoms with Crippen LogP contribution in [-0.2, 0) is 9.59 Å². The molecule has 0 unspecified atom stereocenters. The molecule has 0 radical (unpaired) electrons. The molecule has 0 aliphatic carbocycles. The predicted molar refractivity (Wildman–Crippen MR) is 47.1 cm³/mol. The lowest BCUT2D eigenvalue weighted by Gasteiger charge is -1.75. The van der Waals surface area contributed by atoms with E-state index in [0.29, 0.717) is 0 Å². The molecule has 0 aliphatic rings. The van der Waals surface area contributed by atoms with E-state index in [0.717, 1.165) is 6.08 Å². The third kappa shape index (κ3) is 25.2. The smallest absolute Gasteiger partial charge is 0.364 e. The van der Waals surface area contributed by atoms with Crippen molar-refractivity contribution in [3.8, 4) is 0 Å². The Bertz CT molecular complexity index is 196. The second-order valence-corrected chi connectivity index (χ2v) is 1.55. The van der Waals surface area contributed by atoms with Gasteiger partial charge in [0.25, 0.3) is 0 Å². The Balaban J connectivity index is -0.000000143. The number of rotatable bonds is 2. The van der Waals surface area contributed by atoms with Crippen molar-refractivity contribution in [1.82, 2.24) is 0 Å². The molecule has 0 fully saturated rings. The molecule has 5 heteroatoms. The van der Waals surface area contributed by atoms with E-state index in [9.17, 15) is 14.0 Å². The van der Waals surface area contributed by atoms with Crippen LogP contribution in [0.4, 0.5) is 4.39 Å². The van der Waals surface area contributed by atoms with Gasteiger partial charge in [-0.3, -0.25) is 0 Å². The average molecular weight is 192 g/mol. The number of hydrogen-bond donors (Lipinski definition) is 2. The summed E-state index contributed by atoms with van der Waals surface area (Å²) in [6.45, 7) is 4.15. The van der Waals surface area contributed by atoms with Gasteiger partial charge in [-0.2, -0.15) is 4.39 Å². The van der Waals surface area contributed by atoms with Crippen molar-refractivity contribution in [2.45, 2.75) is 14.4 Å². The van der Waals surface area contributed by atoms with Gasteiger partial charge in [0, 0.05) is 6.08 Å². The zero-order valence-corrected chi connectivity index (χ0v) is 6.45. The quantitative estimate of drug-likeness (QED) is 0.654.